The predicted octanol–water partition coefficient (Wildman–Crippen LogP) is 3.87. The number of carbonyl (C=O) groups excluding carboxylic acids is 1. The van der Waals surface area contributed by atoms with E-state index in [1.807, 2.05) is 0 Å². The number of sulfone groups is 1. The number of hydrogen-bond acceptors (Lipinski definition) is 4. The first kappa shape index (κ1) is 23.2. The highest BCUT2D eigenvalue weighted by Gasteiger charge is 2.30. The van der Waals surface area contributed by atoms with Crippen molar-refractivity contribution in [1.29, 1.82) is 0 Å². The van der Waals surface area contributed by atoms with E-state index in [0.717, 1.165) is 32.2 Å². The predicted molar refractivity (Wildman–Crippen MR) is 115 cm³/mol. The zero-order chi connectivity index (χ0) is 19.1. The summed E-state index contributed by atoms with van der Waals surface area (Å²) in [4.78, 5) is 12.6. The molecule has 0 bridgehead atoms. The molecule has 0 saturated heterocycles. The monoisotopic (exact) mass is 428 g/mol. The topological polar surface area (TPSA) is 75.3 Å². The minimum atomic E-state index is -3.26. The van der Waals surface area contributed by atoms with Gasteiger partial charge in [0.15, 0.2) is 9.84 Å². The van der Waals surface area contributed by atoms with Crippen LogP contribution in [-0.4, -0.2) is 38.7 Å². The Kier molecular flexibility index (Phi) is 9.25. The Balaban J connectivity index is 0.00000280. The van der Waals surface area contributed by atoms with E-state index < -0.39 is 9.84 Å². The summed E-state index contributed by atoms with van der Waals surface area (Å²) < 4.78 is 25.2. The van der Waals surface area contributed by atoms with E-state index in [-0.39, 0.29) is 23.6 Å². The molecule has 0 heterocycles. The number of rotatable bonds is 7. The molecule has 0 spiro atoms. The van der Waals surface area contributed by atoms with Gasteiger partial charge in [-0.1, -0.05) is 38.5 Å². The van der Waals surface area contributed by atoms with E-state index in [0.29, 0.717) is 23.0 Å². The standard InChI is InChI=1S/C21H32N2O3S.ClH/c24-21(23-16-15-22-18-7-3-1-2-4-8-18)17-11-13-20(14-12-17)27(25,26)19-9-5-6-10-19;/h11-14,18-19,22H,1-10,15-16H2,(H,23,24);1H. The van der Waals surface area contributed by atoms with Gasteiger partial charge in [-0.25, -0.2) is 8.42 Å². The second-order valence-electron chi connectivity index (χ2n) is 7.87. The van der Waals surface area contributed by atoms with Crippen LogP contribution in [0.25, 0.3) is 0 Å². The van der Waals surface area contributed by atoms with Gasteiger partial charge in [0.1, 0.15) is 0 Å². The fourth-order valence-electron chi connectivity index (χ4n) is 4.22. The largest absolute Gasteiger partial charge is 0.351 e. The SMILES string of the molecule is Cl.O=C(NCCNC1CCCCCC1)c1ccc(S(=O)(=O)C2CCCC2)cc1. The first-order valence-electron chi connectivity index (χ1n) is 10.4. The second-order valence-corrected chi connectivity index (χ2v) is 10.1. The van der Waals surface area contributed by atoms with Crippen LogP contribution in [-0.2, 0) is 9.84 Å². The lowest BCUT2D eigenvalue weighted by Crippen LogP contribution is -2.36. The van der Waals surface area contributed by atoms with Crippen LogP contribution >= 0.6 is 12.4 Å². The molecule has 0 unspecified atom stereocenters. The van der Waals surface area contributed by atoms with Crippen molar-refractivity contribution < 1.29 is 13.2 Å². The van der Waals surface area contributed by atoms with Crippen LogP contribution in [0.5, 0.6) is 0 Å². The fraction of sp³-hybridized carbons (Fsp3) is 0.667. The highest BCUT2D eigenvalue weighted by atomic mass is 35.5. The molecular formula is C21H33ClN2O3S. The first-order chi connectivity index (χ1) is 13.1. The lowest BCUT2D eigenvalue weighted by molar-refractivity contribution is 0.0953. The van der Waals surface area contributed by atoms with Crippen LogP contribution in [0.1, 0.15) is 74.6 Å². The molecule has 1 amide bonds. The minimum absolute atomic E-state index is 0. The van der Waals surface area contributed by atoms with Gasteiger partial charge in [-0.3, -0.25) is 4.79 Å². The third-order valence-electron chi connectivity index (χ3n) is 5.88. The molecule has 1 aromatic carbocycles. The maximum atomic E-state index is 12.6. The molecule has 1 aromatic rings. The normalized spacial score (nSPS) is 19.0. The summed E-state index contributed by atoms with van der Waals surface area (Å²) in [6.45, 7) is 1.35. The van der Waals surface area contributed by atoms with Gasteiger partial charge in [-0.05, 0) is 49.9 Å². The van der Waals surface area contributed by atoms with Crippen LogP contribution in [0.3, 0.4) is 0 Å². The van der Waals surface area contributed by atoms with Crippen LogP contribution in [0.2, 0.25) is 0 Å². The van der Waals surface area contributed by atoms with Crippen LogP contribution < -0.4 is 10.6 Å². The average Bonchev–Trinajstić information content (AvgIpc) is 3.11. The molecule has 0 aromatic heterocycles. The maximum Gasteiger partial charge on any atom is 0.251 e. The summed E-state index contributed by atoms with van der Waals surface area (Å²) in [5.41, 5.74) is 0.509. The molecule has 7 heteroatoms. The van der Waals surface area contributed by atoms with Gasteiger partial charge in [-0.15, -0.1) is 12.4 Å². The Bertz CT molecular complexity index is 708. The lowest BCUT2D eigenvalue weighted by Gasteiger charge is -2.16. The molecule has 3 rings (SSSR count). The summed E-state index contributed by atoms with van der Waals surface area (Å²) >= 11 is 0. The smallest absolute Gasteiger partial charge is 0.251 e. The van der Waals surface area contributed by atoms with Gasteiger partial charge in [0, 0.05) is 24.7 Å². The second kappa shape index (κ2) is 11.2. The Morgan fingerprint density at radius 3 is 2.04 bits per heavy atom. The van der Waals surface area contributed by atoms with Gasteiger partial charge in [0.05, 0.1) is 10.1 Å². The van der Waals surface area contributed by atoms with Crippen LogP contribution in [0.4, 0.5) is 0 Å². The molecule has 5 nitrogen and oxygen atoms in total. The summed E-state index contributed by atoms with van der Waals surface area (Å²) in [6.07, 6.45) is 11.2. The number of halogens is 1. The molecule has 28 heavy (non-hydrogen) atoms. The average molecular weight is 429 g/mol. The number of nitrogens with one attached hydrogen (secondary N) is 2. The number of hydrogen-bond donors (Lipinski definition) is 2. The lowest BCUT2D eigenvalue weighted by atomic mass is 10.1. The van der Waals surface area contributed by atoms with Crippen LogP contribution in [0, 0.1) is 0 Å². The highest BCUT2D eigenvalue weighted by Crippen LogP contribution is 2.29. The van der Waals surface area contributed by atoms with Crippen molar-refractivity contribution in [2.24, 2.45) is 0 Å². The Labute approximate surface area is 175 Å². The van der Waals surface area contributed by atoms with Crippen molar-refractivity contribution in [3.8, 4) is 0 Å². The van der Waals surface area contributed by atoms with E-state index in [4.69, 9.17) is 0 Å². The van der Waals surface area contributed by atoms with E-state index in [1.54, 1.807) is 24.3 Å². The minimum Gasteiger partial charge on any atom is -0.351 e. The van der Waals surface area contributed by atoms with Crippen molar-refractivity contribution >= 4 is 28.2 Å². The van der Waals surface area contributed by atoms with Gasteiger partial charge >= 0.3 is 0 Å². The third kappa shape index (κ3) is 6.19. The van der Waals surface area contributed by atoms with Gasteiger partial charge in [-0.2, -0.15) is 0 Å². The molecule has 0 radical (unpaired) electrons. The number of amides is 1. The van der Waals surface area contributed by atoms with E-state index in [1.165, 1.54) is 38.5 Å². The molecular weight excluding hydrogens is 396 g/mol. The Hall–Kier alpha value is -1.11. The fourth-order valence-corrected chi connectivity index (χ4v) is 6.08. The zero-order valence-electron chi connectivity index (χ0n) is 16.5. The molecule has 2 aliphatic rings. The van der Waals surface area contributed by atoms with Gasteiger partial charge < -0.3 is 10.6 Å². The molecule has 0 atom stereocenters. The molecule has 2 fully saturated rings. The Morgan fingerprint density at radius 1 is 0.857 bits per heavy atom. The quantitative estimate of drug-likeness (QED) is 0.510. The summed E-state index contributed by atoms with van der Waals surface area (Å²) in [5, 5.41) is 6.19. The Morgan fingerprint density at radius 2 is 1.43 bits per heavy atom. The maximum absolute atomic E-state index is 12.6. The first-order valence-corrected chi connectivity index (χ1v) is 12.0. The molecule has 2 N–H and O–H groups in total. The molecule has 2 aliphatic carbocycles. The summed E-state index contributed by atoms with van der Waals surface area (Å²) in [7, 11) is -3.26. The van der Waals surface area contributed by atoms with E-state index in [2.05, 4.69) is 10.6 Å². The molecule has 2 saturated carbocycles. The van der Waals surface area contributed by atoms with Gasteiger partial charge in [0.2, 0.25) is 0 Å². The summed E-state index contributed by atoms with van der Waals surface area (Å²) in [6, 6.07) is 6.97. The summed E-state index contributed by atoms with van der Waals surface area (Å²) in [5.74, 6) is -0.150. The van der Waals surface area contributed by atoms with Crippen molar-refractivity contribution in [1.82, 2.24) is 10.6 Å². The van der Waals surface area contributed by atoms with E-state index >= 15 is 0 Å². The van der Waals surface area contributed by atoms with Crippen molar-refractivity contribution in [2.45, 2.75) is 80.4 Å². The highest BCUT2D eigenvalue weighted by molar-refractivity contribution is 7.92. The van der Waals surface area contributed by atoms with Crippen molar-refractivity contribution in [2.75, 3.05) is 13.1 Å². The van der Waals surface area contributed by atoms with E-state index in [9.17, 15) is 13.2 Å². The zero-order valence-corrected chi connectivity index (χ0v) is 18.1. The van der Waals surface area contributed by atoms with Gasteiger partial charge in [0.25, 0.3) is 5.91 Å². The number of carbonyl (C=O) groups is 1. The van der Waals surface area contributed by atoms with Crippen molar-refractivity contribution in [3.05, 3.63) is 29.8 Å². The molecule has 158 valence electrons. The third-order valence-corrected chi connectivity index (χ3v) is 8.16. The van der Waals surface area contributed by atoms with Crippen molar-refractivity contribution in [3.63, 3.8) is 0 Å². The number of benzene rings is 1. The molecule has 0 aliphatic heterocycles. The van der Waals surface area contributed by atoms with Crippen LogP contribution in [0.15, 0.2) is 29.2 Å².